The Balaban J connectivity index is 1.72. The zero-order valence-corrected chi connectivity index (χ0v) is 15.6. The summed E-state index contributed by atoms with van der Waals surface area (Å²) in [6.07, 6.45) is 5.49. The topological polar surface area (TPSA) is 95.1 Å². The smallest absolute Gasteiger partial charge is 0.261 e. The third-order valence-electron chi connectivity index (χ3n) is 4.77. The molecule has 0 spiro atoms. The van der Waals surface area contributed by atoms with Gasteiger partial charge in [-0.05, 0) is 29.5 Å². The summed E-state index contributed by atoms with van der Waals surface area (Å²) in [7, 11) is 0. The van der Waals surface area contributed by atoms with Crippen LogP contribution in [0, 0.1) is 0 Å². The highest BCUT2D eigenvalue weighted by Gasteiger charge is 2.15. The van der Waals surface area contributed by atoms with E-state index in [1.54, 1.807) is 36.8 Å². The van der Waals surface area contributed by atoms with E-state index in [0.717, 1.165) is 21.9 Å². The van der Waals surface area contributed by atoms with Gasteiger partial charge in [0.2, 0.25) is 0 Å². The van der Waals surface area contributed by atoms with Crippen LogP contribution < -0.4 is 10.9 Å². The molecule has 0 bridgehead atoms. The van der Waals surface area contributed by atoms with Gasteiger partial charge in [0.25, 0.3) is 11.5 Å². The van der Waals surface area contributed by atoms with E-state index in [4.69, 9.17) is 0 Å². The maximum absolute atomic E-state index is 12.8. The number of aliphatic hydroxyl groups excluding tert-OH is 1. The van der Waals surface area contributed by atoms with Crippen molar-refractivity contribution >= 4 is 22.4 Å². The third-order valence-corrected chi connectivity index (χ3v) is 4.77. The van der Waals surface area contributed by atoms with Gasteiger partial charge in [0.15, 0.2) is 0 Å². The number of amides is 1. The van der Waals surface area contributed by atoms with E-state index in [-0.39, 0.29) is 12.2 Å². The Morgan fingerprint density at radius 2 is 1.86 bits per heavy atom. The van der Waals surface area contributed by atoms with Gasteiger partial charge in [-0.1, -0.05) is 42.5 Å². The van der Waals surface area contributed by atoms with Crippen LogP contribution in [0.5, 0.6) is 0 Å². The molecule has 3 N–H and O–H groups in total. The maximum atomic E-state index is 12.8. The van der Waals surface area contributed by atoms with Gasteiger partial charge in [-0.3, -0.25) is 14.6 Å². The van der Waals surface area contributed by atoms with Crippen LogP contribution in [0.3, 0.4) is 0 Å². The molecule has 6 nitrogen and oxygen atoms in total. The molecular formula is C23H19N3O3. The van der Waals surface area contributed by atoms with Crippen molar-refractivity contribution in [3.8, 4) is 11.1 Å². The Morgan fingerprint density at radius 3 is 2.72 bits per heavy atom. The Kier molecular flexibility index (Phi) is 5.18. The number of carbonyl (C=O) groups excluding carboxylic acids is 1. The minimum absolute atomic E-state index is 0.00855. The van der Waals surface area contributed by atoms with E-state index in [0.29, 0.717) is 17.7 Å². The van der Waals surface area contributed by atoms with Gasteiger partial charge in [0.05, 0.1) is 0 Å². The van der Waals surface area contributed by atoms with Crippen molar-refractivity contribution in [2.75, 3.05) is 11.9 Å². The summed E-state index contributed by atoms with van der Waals surface area (Å²) in [5, 5.41) is 14.0. The van der Waals surface area contributed by atoms with E-state index >= 15 is 0 Å². The molecule has 4 rings (SSSR count). The highest BCUT2D eigenvalue weighted by molar-refractivity contribution is 6.05. The lowest BCUT2D eigenvalue weighted by Gasteiger charge is -2.11. The number of carbonyl (C=O) groups is 1. The number of fused-ring (bicyclic) bond motifs is 1. The maximum Gasteiger partial charge on any atom is 0.261 e. The van der Waals surface area contributed by atoms with Crippen molar-refractivity contribution in [2.45, 2.75) is 6.42 Å². The first-order valence-corrected chi connectivity index (χ1v) is 9.23. The normalized spacial score (nSPS) is 10.8. The number of pyridine rings is 2. The lowest BCUT2D eigenvalue weighted by atomic mass is 10.0. The standard InChI is InChI=1S/C23H19N3O3/c27-10-9-15-5-2-4-8-21(15)26-23(29)19-11-17(13-25-22(19)28)20-14-24-12-16-6-1-3-7-18(16)20/h1-8,11-14,27H,9-10H2,(H,25,28)(H,26,29). The first-order valence-electron chi connectivity index (χ1n) is 9.23. The first-order chi connectivity index (χ1) is 14.2. The molecule has 0 aliphatic carbocycles. The molecule has 0 atom stereocenters. The molecule has 0 aliphatic heterocycles. The number of para-hydroxylation sites is 1. The van der Waals surface area contributed by atoms with Crippen molar-refractivity contribution < 1.29 is 9.90 Å². The Bertz CT molecular complexity index is 1240. The lowest BCUT2D eigenvalue weighted by Crippen LogP contribution is -2.23. The molecule has 0 fully saturated rings. The van der Waals surface area contributed by atoms with Crippen molar-refractivity contribution in [3.63, 3.8) is 0 Å². The molecule has 0 radical (unpaired) electrons. The number of benzene rings is 2. The zero-order chi connectivity index (χ0) is 20.2. The van der Waals surface area contributed by atoms with Crippen LogP contribution in [0.15, 0.2) is 78.0 Å². The van der Waals surface area contributed by atoms with Crippen LogP contribution in [-0.2, 0) is 6.42 Å². The minimum Gasteiger partial charge on any atom is -0.396 e. The van der Waals surface area contributed by atoms with Crippen LogP contribution in [0.4, 0.5) is 5.69 Å². The van der Waals surface area contributed by atoms with Gasteiger partial charge in [-0.25, -0.2) is 0 Å². The van der Waals surface area contributed by atoms with Gasteiger partial charge in [-0.15, -0.1) is 0 Å². The van der Waals surface area contributed by atoms with Crippen LogP contribution in [0.1, 0.15) is 15.9 Å². The molecule has 4 aromatic rings. The highest BCUT2D eigenvalue weighted by Crippen LogP contribution is 2.27. The molecule has 0 aliphatic rings. The molecule has 2 heterocycles. The Labute approximate surface area is 166 Å². The van der Waals surface area contributed by atoms with E-state index in [1.165, 1.54) is 0 Å². The van der Waals surface area contributed by atoms with Crippen molar-refractivity contribution in [1.29, 1.82) is 0 Å². The second kappa shape index (κ2) is 8.08. The van der Waals surface area contributed by atoms with E-state index < -0.39 is 11.5 Å². The van der Waals surface area contributed by atoms with E-state index in [2.05, 4.69) is 15.3 Å². The number of nitrogens with one attached hydrogen (secondary N) is 2. The Hall–Kier alpha value is -3.77. The summed E-state index contributed by atoms with van der Waals surface area (Å²) in [4.78, 5) is 32.1. The predicted molar refractivity (Wildman–Crippen MR) is 113 cm³/mol. The molecule has 0 saturated carbocycles. The summed E-state index contributed by atoms with van der Waals surface area (Å²) >= 11 is 0. The van der Waals surface area contributed by atoms with Gasteiger partial charge in [-0.2, -0.15) is 0 Å². The molecule has 0 unspecified atom stereocenters. The van der Waals surface area contributed by atoms with Crippen molar-refractivity contribution in [2.24, 2.45) is 0 Å². The predicted octanol–water partition coefficient (Wildman–Crippen LogP) is 3.38. The fourth-order valence-corrected chi connectivity index (χ4v) is 3.32. The van der Waals surface area contributed by atoms with Crippen LogP contribution in [0.25, 0.3) is 21.9 Å². The summed E-state index contributed by atoms with van der Waals surface area (Å²) < 4.78 is 0. The lowest BCUT2D eigenvalue weighted by molar-refractivity contribution is 0.102. The molecule has 0 saturated heterocycles. The van der Waals surface area contributed by atoms with Crippen LogP contribution in [0.2, 0.25) is 0 Å². The second-order valence-electron chi connectivity index (χ2n) is 6.62. The molecular weight excluding hydrogens is 366 g/mol. The van der Waals surface area contributed by atoms with Gasteiger partial charge < -0.3 is 15.4 Å². The Morgan fingerprint density at radius 1 is 1.07 bits per heavy atom. The summed E-state index contributed by atoms with van der Waals surface area (Å²) in [5.41, 5.74) is 2.43. The minimum atomic E-state index is -0.508. The molecule has 6 heteroatoms. The van der Waals surface area contributed by atoms with Crippen LogP contribution >= 0.6 is 0 Å². The summed E-state index contributed by atoms with van der Waals surface area (Å²) in [6, 6.07) is 16.6. The average Bonchev–Trinajstić information content (AvgIpc) is 2.75. The summed E-state index contributed by atoms with van der Waals surface area (Å²) in [6.45, 7) is -0.0307. The number of rotatable bonds is 5. The zero-order valence-electron chi connectivity index (χ0n) is 15.6. The highest BCUT2D eigenvalue weighted by atomic mass is 16.3. The molecule has 29 heavy (non-hydrogen) atoms. The number of aromatic nitrogens is 2. The monoisotopic (exact) mass is 385 g/mol. The number of hydrogen-bond acceptors (Lipinski definition) is 4. The van der Waals surface area contributed by atoms with Crippen LogP contribution in [-0.4, -0.2) is 27.6 Å². The number of hydrogen-bond donors (Lipinski definition) is 3. The molecule has 144 valence electrons. The fourth-order valence-electron chi connectivity index (χ4n) is 3.32. The number of anilines is 1. The van der Waals surface area contributed by atoms with E-state index in [9.17, 15) is 14.7 Å². The van der Waals surface area contributed by atoms with Gasteiger partial charge in [0.1, 0.15) is 5.56 Å². The largest absolute Gasteiger partial charge is 0.396 e. The van der Waals surface area contributed by atoms with Crippen molar-refractivity contribution in [1.82, 2.24) is 9.97 Å². The molecule has 1 amide bonds. The SMILES string of the molecule is O=C(Nc1ccccc1CCO)c1cc(-c2cncc3ccccc23)c[nH]c1=O. The quantitative estimate of drug-likeness (QED) is 0.491. The number of aromatic amines is 1. The third kappa shape index (κ3) is 3.79. The average molecular weight is 385 g/mol. The number of H-pyrrole nitrogens is 1. The second-order valence-corrected chi connectivity index (χ2v) is 6.62. The molecule has 2 aromatic heterocycles. The molecule has 2 aromatic carbocycles. The summed E-state index contributed by atoms with van der Waals surface area (Å²) in [5.74, 6) is -0.508. The number of aliphatic hydroxyl groups is 1. The van der Waals surface area contributed by atoms with Gasteiger partial charge in [0, 0.05) is 47.4 Å². The first kappa shape index (κ1) is 18.6. The van der Waals surface area contributed by atoms with Gasteiger partial charge >= 0.3 is 0 Å². The van der Waals surface area contributed by atoms with E-state index in [1.807, 2.05) is 36.4 Å². The fraction of sp³-hybridized carbons (Fsp3) is 0.0870. The number of nitrogens with zero attached hydrogens (tertiary/aromatic N) is 1. The van der Waals surface area contributed by atoms with Crippen molar-refractivity contribution in [3.05, 3.63) is 94.7 Å².